The van der Waals surface area contributed by atoms with E-state index in [0.717, 1.165) is 7.05 Å². The molecule has 0 radical (unpaired) electrons. The van der Waals surface area contributed by atoms with Crippen LogP contribution in [0.25, 0.3) is 0 Å². The van der Waals surface area contributed by atoms with Crippen molar-refractivity contribution < 1.29 is 17.7 Å². The summed E-state index contributed by atoms with van der Waals surface area (Å²) >= 11 is 0. The van der Waals surface area contributed by atoms with E-state index in [-0.39, 0.29) is 5.12 Å². The zero-order valence-corrected chi connectivity index (χ0v) is 6.11. The fourth-order valence-electron chi connectivity index (χ4n) is 0.829. The molecule has 0 spiro atoms. The number of hydrogen-bond acceptors (Lipinski definition) is 1. The Morgan fingerprint density at radius 2 is 1.50 bits per heavy atom. The number of rotatable bonds is 1. The van der Waals surface area contributed by atoms with Gasteiger partial charge in [0.15, 0.2) is 11.6 Å². The molecule has 1 nitrogen and oxygen atoms in total. The summed E-state index contributed by atoms with van der Waals surface area (Å²) in [5.74, 6) is -3.61. The lowest BCUT2D eigenvalue weighted by Gasteiger charge is -2.08. The topological polar surface area (TPSA) is 3.24 Å². The molecule has 1 aromatic rings. The van der Waals surface area contributed by atoms with Crippen molar-refractivity contribution in [1.29, 1.82) is 0 Å². The normalized spacial score (nSPS) is 10.1. The maximum Gasteiger partial charge on any atom is 0.155 e. The summed E-state index contributed by atoms with van der Waals surface area (Å²) in [6.07, 6.45) is 0. The van der Waals surface area contributed by atoms with Crippen LogP contribution < -0.4 is 5.12 Å². The predicted molar refractivity (Wildman–Crippen MR) is 35.8 cm³/mol. The van der Waals surface area contributed by atoms with Crippen molar-refractivity contribution in [3.63, 3.8) is 0 Å². The van der Waals surface area contributed by atoms with Crippen LogP contribution in [0.1, 0.15) is 0 Å². The lowest BCUT2D eigenvalue weighted by molar-refractivity contribution is 0.443. The van der Waals surface area contributed by atoms with Crippen LogP contribution in [0.4, 0.5) is 23.3 Å². The highest BCUT2D eigenvalue weighted by atomic mass is 19.2. The lowest BCUT2D eigenvalue weighted by Crippen LogP contribution is -2.07. The van der Waals surface area contributed by atoms with Crippen molar-refractivity contribution >= 4 is 5.69 Å². The third kappa shape index (κ3) is 1.49. The molecule has 0 saturated carbocycles. The quantitative estimate of drug-likeness (QED) is 0.472. The Morgan fingerprint density at radius 1 is 1.08 bits per heavy atom. The minimum atomic E-state index is -1.27. The smallest absolute Gasteiger partial charge is 0.155 e. The molecule has 5 heteroatoms. The molecule has 12 heavy (non-hydrogen) atoms. The first-order valence-corrected chi connectivity index (χ1v) is 3.06. The first-order chi connectivity index (χ1) is 5.52. The van der Waals surface area contributed by atoms with Gasteiger partial charge in [-0.2, -0.15) is 0 Å². The van der Waals surface area contributed by atoms with Crippen molar-refractivity contribution in [1.82, 2.24) is 0 Å². The fraction of sp³-hybridized carbons (Fsp3) is 0.143. The van der Waals surface area contributed by atoms with E-state index in [1.54, 1.807) is 0 Å². The summed E-state index contributed by atoms with van der Waals surface area (Å²) < 4.78 is 49.8. The molecule has 0 atom stereocenters. The highest BCUT2D eigenvalue weighted by Gasteiger charge is 2.14. The van der Waals surface area contributed by atoms with Crippen LogP contribution in [0, 0.1) is 17.5 Å². The van der Waals surface area contributed by atoms with Gasteiger partial charge in [-0.3, -0.25) is 0 Å². The standard InChI is InChI=1S/C7H5F4N/c1-12(11)7-5(9)2-4(8)3-6(7)10/h2-3H,1H3. The van der Waals surface area contributed by atoms with Crippen LogP contribution in [-0.4, -0.2) is 7.05 Å². The van der Waals surface area contributed by atoms with Gasteiger partial charge in [0.1, 0.15) is 11.5 Å². The first kappa shape index (κ1) is 8.83. The molecule has 0 aliphatic carbocycles. The summed E-state index contributed by atoms with van der Waals surface area (Å²) in [6, 6.07) is 0.822. The minimum Gasteiger partial charge on any atom is -0.209 e. The van der Waals surface area contributed by atoms with Crippen LogP contribution >= 0.6 is 0 Å². The molecule has 66 valence electrons. The van der Waals surface area contributed by atoms with Gasteiger partial charge in [-0.1, -0.05) is 0 Å². The Bertz CT molecular complexity index is 274. The zero-order valence-electron chi connectivity index (χ0n) is 6.11. The third-order valence-corrected chi connectivity index (χ3v) is 1.29. The van der Waals surface area contributed by atoms with Crippen molar-refractivity contribution in [3.05, 3.63) is 29.6 Å². The molecule has 0 bridgehead atoms. The largest absolute Gasteiger partial charge is 0.209 e. The molecular formula is C7H5F4N. The van der Waals surface area contributed by atoms with Crippen molar-refractivity contribution in [2.24, 2.45) is 0 Å². The van der Waals surface area contributed by atoms with Gasteiger partial charge in [0, 0.05) is 19.2 Å². The van der Waals surface area contributed by atoms with Gasteiger partial charge in [0.2, 0.25) is 0 Å². The van der Waals surface area contributed by atoms with Gasteiger partial charge in [0.05, 0.1) is 0 Å². The SMILES string of the molecule is CN(F)c1c(F)cc(F)cc1F. The van der Waals surface area contributed by atoms with Crippen molar-refractivity contribution in [2.75, 3.05) is 12.2 Å². The second-order valence-corrected chi connectivity index (χ2v) is 2.20. The van der Waals surface area contributed by atoms with E-state index >= 15 is 0 Å². The molecule has 1 rings (SSSR count). The molecule has 0 amide bonds. The molecule has 0 N–H and O–H groups in total. The molecule has 0 aliphatic rings. The van der Waals surface area contributed by atoms with E-state index in [1.165, 1.54) is 0 Å². The number of hydrogen-bond donors (Lipinski definition) is 0. The molecular weight excluding hydrogens is 174 g/mol. The van der Waals surface area contributed by atoms with Gasteiger partial charge in [-0.05, 0) is 0 Å². The molecule has 0 unspecified atom stereocenters. The van der Waals surface area contributed by atoms with Crippen molar-refractivity contribution in [3.8, 4) is 0 Å². The lowest BCUT2D eigenvalue weighted by atomic mass is 10.3. The van der Waals surface area contributed by atoms with E-state index in [9.17, 15) is 17.7 Å². The van der Waals surface area contributed by atoms with E-state index in [0.29, 0.717) is 12.1 Å². The summed E-state index contributed by atoms with van der Waals surface area (Å²) in [7, 11) is 0.819. The van der Waals surface area contributed by atoms with Crippen LogP contribution in [-0.2, 0) is 0 Å². The highest BCUT2D eigenvalue weighted by Crippen LogP contribution is 2.23. The van der Waals surface area contributed by atoms with Crippen LogP contribution in [0.15, 0.2) is 12.1 Å². The zero-order chi connectivity index (χ0) is 9.30. The predicted octanol–water partition coefficient (Wildman–Crippen LogP) is 2.42. The van der Waals surface area contributed by atoms with E-state index in [4.69, 9.17) is 0 Å². The second-order valence-electron chi connectivity index (χ2n) is 2.20. The molecule has 0 fully saturated rings. The Labute approximate surface area is 66.2 Å². The Balaban J connectivity index is 3.28. The summed E-state index contributed by atoms with van der Waals surface area (Å²) in [4.78, 5) is 0. The minimum absolute atomic E-state index is 0.246. The average molecular weight is 179 g/mol. The average Bonchev–Trinajstić information content (AvgIpc) is 1.82. The van der Waals surface area contributed by atoms with Crippen LogP contribution in [0.3, 0.4) is 0 Å². The third-order valence-electron chi connectivity index (χ3n) is 1.29. The second kappa shape index (κ2) is 3.00. The number of anilines is 1. The van der Waals surface area contributed by atoms with Gasteiger partial charge in [-0.25, -0.2) is 18.3 Å². The van der Waals surface area contributed by atoms with Gasteiger partial charge in [0.25, 0.3) is 0 Å². The molecule has 0 heterocycles. The summed E-state index contributed by atoms with van der Waals surface area (Å²) in [6.45, 7) is 0. The molecule has 0 saturated heterocycles. The maximum atomic E-state index is 12.6. The highest BCUT2D eigenvalue weighted by molar-refractivity contribution is 5.46. The van der Waals surface area contributed by atoms with E-state index < -0.39 is 23.1 Å². The Hall–Kier alpha value is -1.26. The van der Waals surface area contributed by atoms with Crippen molar-refractivity contribution in [2.45, 2.75) is 0 Å². The van der Waals surface area contributed by atoms with Gasteiger partial charge < -0.3 is 0 Å². The number of benzene rings is 1. The fourth-order valence-corrected chi connectivity index (χ4v) is 0.829. The van der Waals surface area contributed by atoms with Gasteiger partial charge >= 0.3 is 0 Å². The molecule has 0 aromatic heterocycles. The number of nitrogens with zero attached hydrogens (tertiary/aromatic N) is 1. The van der Waals surface area contributed by atoms with Gasteiger partial charge in [-0.15, -0.1) is 4.48 Å². The summed E-state index contributed by atoms with van der Waals surface area (Å²) in [5.41, 5.74) is -0.892. The summed E-state index contributed by atoms with van der Waals surface area (Å²) in [5, 5.41) is -0.246. The molecule has 1 aromatic carbocycles. The van der Waals surface area contributed by atoms with Crippen LogP contribution in [0.2, 0.25) is 0 Å². The monoisotopic (exact) mass is 179 g/mol. The maximum absolute atomic E-state index is 12.6. The van der Waals surface area contributed by atoms with E-state index in [1.807, 2.05) is 0 Å². The Morgan fingerprint density at radius 3 is 1.83 bits per heavy atom. The number of halogens is 4. The Kier molecular flexibility index (Phi) is 2.21. The first-order valence-electron chi connectivity index (χ1n) is 3.06. The van der Waals surface area contributed by atoms with E-state index in [2.05, 4.69) is 0 Å². The van der Waals surface area contributed by atoms with Crippen LogP contribution in [0.5, 0.6) is 0 Å². The molecule has 0 aliphatic heterocycles.